The van der Waals surface area contributed by atoms with Crippen molar-refractivity contribution in [1.82, 2.24) is 4.90 Å². The lowest BCUT2D eigenvalue weighted by Gasteiger charge is -2.30. The Morgan fingerprint density at radius 2 is 2.08 bits per heavy atom. The minimum Gasteiger partial charge on any atom is -0.493 e. The van der Waals surface area contributed by atoms with E-state index in [4.69, 9.17) is 9.47 Å². The smallest absolute Gasteiger partial charge is 0.387 e. The zero-order chi connectivity index (χ0) is 18.4. The van der Waals surface area contributed by atoms with E-state index in [9.17, 15) is 18.4 Å². The second-order valence-electron chi connectivity index (χ2n) is 5.91. The number of halogens is 2. The molecule has 0 N–H and O–H groups in total. The third-order valence-electron chi connectivity index (χ3n) is 3.95. The fourth-order valence-corrected chi connectivity index (χ4v) is 2.71. The van der Waals surface area contributed by atoms with Gasteiger partial charge in [-0.1, -0.05) is 6.92 Å². The van der Waals surface area contributed by atoms with E-state index in [0.717, 1.165) is 12.8 Å². The molecule has 0 bridgehead atoms. The number of alkyl halides is 2. The van der Waals surface area contributed by atoms with E-state index >= 15 is 0 Å². The first-order valence-corrected chi connectivity index (χ1v) is 7.98. The summed E-state index contributed by atoms with van der Waals surface area (Å²) >= 11 is 0. The van der Waals surface area contributed by atoms with E-state index < -0.39 is 12.6 Å². The van der Waals surface area contributed by atoms with E-state index in [1.807, 2.05) is 0 Å². The number of likely N-dealkylation sites (tertiary alicyclic amines) is 1. The van der Waals surface area contributed by atoms with E-state index in [1.54, 1.807) is 4.90 Å². The predicted molar refractivity (Wildman–Crippen MR) is 84.9 cm³/mol. The van der Waals surface area contributed by atoms with Crippen LogP contribution in [0.1, 0.15) is 30.1 Å². The molecule has 0 spiro atoms. The van der Waals surface area contributed by atoms with Gasteiger partial charge in [0, 0.05) is 13.1 Å². The van der Waals surface area contributed by atoms with Crippen LogP contribution >= 0.6 is 0 Å². The number of carbonyl (C=O) groups is 2. The van der Waals surface area contributed by atoms with Gasteiger partial charge in [-0.05, 0) is 37.0 Å². The topological polar surface area (TPSA) is 65.1 Å². The molecule has 0 radical (unpaired) electrons. The molecule has 25 heavy (non-hydrogen) atoms. The highest BCUT2D eigenvalue weighted by molar-refractivity contribution is 5.92. The van der Waals surface area contributed by atoms with Crippen molar-refractivity contribution in [3.8, 4) is 11.5 Å². The average molecular weight is 357 g/mol. The van der Waals surface area contributed by atoms with Gasteiger partial charge in [0.15, 0.2) is 18.1 Å². The van der Waals surface area contributed by atoms with Crippen molar-refractivity contribution < 1.29 is 32.6 Å². The Labute approximate surface area is 144 Å². The molecule has 1 amide bonds. The molecule has 6 nitrogen and oxygen atoms in total. The molecule has 0 saturated carbocycles. The Morgan fingerprint density at radius 1 is 1.32 bits per heavy atom. The zero-order valence-corrected chi connectivity index (χ0v) is 14.2. The van der Waals surface area contributed by atoms with Crippen molar-refractivity contribution in [2.45, 2.75) is 26.4 Å². The van der Waals surface area contributed by atoms with E-state index in [1.165, 1.54) is 25.3 Å². The number of hydrogen-bond acceptors (Lipinski definition) is 5. The van der Waals surface area contributed by atoms with Gasteiger partial charge in [-0.3, -0.25) is 4.79 Å². The first-order valence-electron chi connectivity index (χ1n) is 7.98. The van der Waals surface area contributed by atoms with Crippen molar-refractivity contribution in [2.24, 2.45) is 5.92 Å². The van der Waals surface area contributed by atoms with Crippen LogP contribution in [-0.2, 0) is 9.53 Å². The monoisotopic (exact) mass is 357 g/mol. The number of piperidine rings is 1. The van der Waals surface area contributed by atoms with Crippen LogP contribution < -0.4 is 9.47 Å². The maximum atomic E-state index is 12.3. The van der Waals surface area contributed by atoms with Crippen molar-refractivity contribution in [2.75, 3.05) is 26.8 Å². The molecule has 1 atom stereocenters. The summed E-state index contributed by atoms with van der Waals surface area (Å²) in [5.41, 5.74) is 0.0817. The minimum atomic E-state index is -3.00. The summed E-state index contributed by atoms with van der Waals surface area (Å²) in [6.45, 7) is 0.0263. The van der Waals surface area contributed by atoms with Crippen LogP contribution in [0.5, 0.6) is 11.5 Å². The van der Waals surface area contributed by atoms with Crippen LogP contribution in [0.25, 0.3) is 0 Å². The van der Waals surface area contributed by atoms with Crippen molar-refractivity contribution in [3.63, 3.8) is 0 Å². The zero-order valence-electron chi connectivity index (χ0n) is 14.2. The molecule has 1 aromatic rings. The summed E-state index contributed by atoms with van der Waals surface area (Å²) in [5, 5.41) is 0. The minimum absolute atomic E-state index is 0.0223. The predicted octanol–water partition coefficient (Wildman–Crippen LogP) is 2.71. The fraction of sp³-hybridized carbons (Fsp3) is 0.529. The second kappa shape index (κ2) is 8.64. The summed E-state index contributed by atoms with van der Waals surface area (Å²) in [6.07, 6.45) is 2.01. The summed E-state index contributed by atoms with van der Waals surface area (Å²) < 4.78 is 38.8. The lowest BCUT2D eigenvalue weighted by atomic mass is 10.0. The molecular formula is C17H21F2NO5. The van der Waals surface area contributed by atoms with Crippen LogP contribution in [0.15, 0.2) is 18.2 Å². The summed E-state index contributed by atoms with van der Waals surface area (Å²) in [6, 6.07) is 3.69. The third kappa shape index (κ3) is 5.30. The van der Waals surface area contributed by atoms with Gasteiger partial charge in [-0.25, -0.2) is 4.79 Å². The number of benzene rings is 1. The second-order valence-corrected chi connectivity index (χ2v) is 5.91. The van der Waals surface area contributed by atoms with Crippen LogP contribution in [0.3, 0.4) is 0 Å². The van der Waals surface area contributed by atoms with Gasteiger partial charge in [0.1, 0.15) is 0 Å². The summed E-state index contributed by atoms with van der Waals surface area (Å²) in [5.74, 6) is -0.761. The van der Waals surface area contributed by atoms with Gasteiger partial charge in [0.05, 0.1) is 12.7 Å². The Bertz CT molecular complexity index is 623. The molecule has 0 aromatic heterocycles. The Morgan fingerprint density at radius 3 is 2.72 bits per heavy atom. The fourth-order valence-electron chi connectivity index (χ4n) is 2.71. The van der Waals surface area contributed by atoms with Crippen molar-refractivity contribution >= 4 is 11.9 Å². The summed E-state index contributed by atoms with van der Waals surface area (Å²) in [7, 11) is 1.27. The number of ether oxygens (including phenoxy) is 3. The van der Waals surface area contributed by atoms with E-state index in [2.05, 4.69) is 11.7 Å². The lowest BCUT2D eigenvalue weighted by molar-refractivity contribution is -0.136. The molecule has 138 valence electrons. The Balaban J connectivity index is 1.95. The molecule has 1 heterocycles. The first-order chi connectivity index (χ1) is 11.9. The molecule has 8 heteroatoms. The highest BCUT2D eigenvalue weighted by Crippen LogP contribution is 2.29. The van der Waals surface area contributed by atoms with Gasteiger partial charge in [-0.15, -0.1) is 0 Å². The molecule has 1 aliphatic heterocycles. The lowest BCUT2D eigenvalue weighted by Crippen LogP contribution is -2.41. The summed E-state index contributed by atoms with van der Waals surface area (Å²) in [4.78, 5) is 25.8. The standard InChI is InChI=1S/C17H21F2NO5/c1-11-4-3-7-20(9-11)15(21)10-24-16(22)12-5-6-13(25-17(18)19)14(8-12)23-2/h5-6,8,11,17H,3-4,7,9-10H2,1-2H3. The highest BCUT2D eigenvalue weighted by atomic mass is 19.3. The number of methoxy groups -OCH3 is 1. The van der Waals surface area contributed by atoms with Gasteiger partial charge in [0.25, 0.3) is 5.91 Å². The molecular weight excluding hydrogens is 336 g/mol. The number of carbonyl (C=O) groups excluding carboxylic acids is 2. The van der Waals surface area contributed by atoms with Gasteiger partial charge < -0.3 is 19.1 Å². The van der Waals surface area contributed by atoms with Crippen LogP contribution in [0.2, 0.25) is 0 Å². The van der Waals surface area contributed by atoms with Crippen molar-refractivity contribution in [3.05, 3.63) is 23.8 Å². The molecule has 1 fully saturated rings. The molecule has 1 saturated heterocycles. The third-order valence-corrected chi connectivity index (χ3v) is 3.95. The molecule has 2 rings (SSSR count). The maximum Gasteiger partial charge on any atom is 0.387 e. The number of nitrogens with zero attached hydrogens (tertiary/aromatic N) is 1. The van der Waals surface area contributed by atoms with Crippen molar-refractivity contribution in [1.29, 1.82) is 0 Å². The van der Waals surface area contributed by atoms with Gasteiger partial charge in [-0.2, -0.15) is 8.78 Å². The van der Waals surface area contributed by atoms with Gasteiger partial charge >= 0.3 is 12.6 Å². The largest absolute Gasteiger partial charge is 0.493 e. The maximum absolute atomic E-state index is 12.3. The number of amides is 1. The molecule has 1 aromatic carbocycles. The van der Waals surface area contributed by atoms with Crippen LogP contribution in [-0.4, -0.2) is 50.2 Å². The normalized spacial score (nSPS) is 17.3. The number of esters is 1. The molecule has 1 unspecified atom stereocenters. The highest BCUT2D eigenvalue weighted by Gasteiger charge is 2.22. The SMILES string of the molecule is COc1cc(C(=O)OCC(=O)N2CCCC(C)C2)ccc1OC(F)F. The van der Waals surface area contributed by atoms with Gasteiger partial charge in [0.2, 0.25) is 0 Å². The van der Waals surface area contributed by atoms with Crippen LogP contribution in [0.4, 0.5) is 8.78 Å². The van der Waals surface area contributed by atoms with E-state index in [0.29, 0.717) is 19.0 Å². The quantitative estimate of drug-likeness (QED) is 0.733. The molecule has 1 aliphatic rings. The Hall–Kier alpha value is -2.38. The Kier molecular flexibility index (Phi) is 6.55. The van der Waals surface area contributed by atoms with Crippen LogP contribution in [0, 0.1) is 5.92 Å². The molecule has 0 aliphatic carbocycles. The first kappa shape index (κ1) is 19.0. The average Bonchev–Trinajstić information content (AvgIpc) is 2.59. The van der Waals surface area contributed by atoms with E-state index in [-0.39, 0.29) is 29.6 Å². The number of rotatable bonds is 6. The number of hydrogen-bond donors (Lipinski definition) is 0.